The van der Waals surface area contributed by atoms with E-state index in [-0.39, 0.29) is 6.42 Å². The van der Waals surface area contributed by atoms with Gasteiger partial charge in [-0.25, -0.2) is 0 Å². The molecule has 0 heterocycles. The van der Waals surface area contributed by atoms with E-state index in [1.165, 1.54) is 0 Å². The zero-order valence-electron chi connectivity index (χ0n) is 6.78. The SMILES string of the molecule is CCC(C#N)C(O)(C#N)CC#N. The van der Waals surface area contributed by atoms with Crippen molar-refractivity contribution in [2.45, 2.75) is 25.4 Å². The first-order valence-electron chi connectivity index (χ1n) is 3.54. The van der Waals surface area contributed by atoms with Crippen molar-refractivity contribution in [2.75, 3.05) is 0 Å². The Balaban J connectivity index is 4.67. The highest BCUT2D eigenvalue weighted by molar-refractivity contribution is 5.14. The molecular formula is C8H9N3O. The lowest BCUT2D eigenvalue weighted by Gasteiger charge is -2.20. The second-order valence-electron chi connectivity index (χ2n) is 2.46. The fraction of sp³-hybridized carbons (Fsp3) is 0.625. The molecule has 0 aliphatic heterocycles. The fourth-order valence-corrected chi connectivity index (χ4v) is 0.897. The molecule has 0 aliphatic rings. The average Bonchev–Trinajstić information content (AvgIpc) is 2.07. The van der Waals surface area contributed by atoms with Crippen LogP contribution in [-0.2, 0) is 0 Å². The molecule has 2 atom stereocenters. The van der Waals surface area contributed by atoms with Gasteiger partial charge in [-0.2, -0.15) is 15.8 Å². The summed E-state index contributed by atoms with van der Waals surface area (Å²) in [6.07, 6.45) is 0.0395. The van der Waals surface area contributed by atoms with Gasteiger partial charge in [-0.3, -0.25) is 0 Å². The van der Waals surface area contributed by atoms with Crippen LogP contribution in [0.1, 0.15) is 19.8 Å². The summed E-state index contributed by atoms with van der Waals surface area (Å²) in [5.74, 6) is -0.790. The lowest BCUT2D eigenvalue weighted by atomic mass is 9.85. The van der Waals surface area contributed by atoms with E-state index < -0.39 is 11.5 Å². The monoisotopic (exact) mass is 163 g/mol. The zero-order valence-corrected chi connectivity index (χ0v) is 6.78. The number of hydrogen-bond donors (Lipinski definition) is 1. The summed E-state index contributed by atoms with van der Waals surface area (Å²) in [7, 11) is 0. The molecular weight excluding hydrogens is 154 g/mol. The van der Waals surface area contributed by atoms with Gasteiger partial charge in [0.1, 0.15) is 0 Å². The molecule has 4 nitrogen and oxygen atoms in total. The first kappa shape index (κ1) is 10.4. The lowest BCUT2D eigenvalue weighted by molar-refractivity contribution is 0.0617. The van der Waals surface area contributed by atoms with Crippen molar-refractivity contribution in [1.29, 1.82) is 15.8 Å². The average molecular weight is 163 g/mol. The Hall–Kier alpha value is -1.57. The van der Waals surface area contributed by atoms with Crippen molar-refractivity contribution >= 4 is 0 Å². The summed E-state index contributed by atoms with van der Waals surface area (Å²) in [6.45, 7) is 1.69. The van der Waals surface area contributed by atoms with Crippen LogP contribution in [0, 0.1) is 39.9 Å². The minimum atomic E-state index is -1.81. The Morgan fingerprint density at radius 1 is 1.42 bits per heavy atom. The molecule has 2 unspecified atom stereocenters. The molecule has 0 bridgehead atoms. The third kappa shape index (κ3) is 1.95. The maximum absolute atomic E-state index is 9.47. The molecule has 0 saturated heterocycles. The fourth-order valence-electron chi connectivity index (χ4n) is 0.897. The maximum Gasteiger partial charge on any atom is 0.179 e. The van der Waals surface area contributed by atoms with Crippen LogP contribution in [0.5, 0.6) is 0 Å². The van der Waals surface area contributed by atoms with Gasteiger partial charge in [0.05, 0.1) is 30.5 Å². The van der Waals surface area contributed by atoms with E-state index in [1.807, 2.05) is 0 Å². The number of rotatable bonds is 3. The van der Waals surface area contributed by atoms with Crippen LogP contribution >= 0.6 is 0 Å². The molecule has 0 aromatic heterocycles. The van der Waals surface area contributed by atoms with Crippen LogP contribution in [0.3, 0.4) is 0 Å². The van der Waals surface area contributed by atoms with Gasteiger partial charge in [0.25, 0.3) is 0 Å². The lowest BCUT2D eigenvalue weighted by Crippen LogP contribution is -2.34. The molecule has 0 fully saturated rings. The van der Waals surface area contributed by atoms with Gasteiger partial charge < -0.3 is 5.11 Å². The van der Waals surface area contributed by atoms with Gasteiger partial charge >= 0.3 is 0 Å². The molecule has 0 saturated carbocycles. The van der Waals surface area contributed by atoms with Gasteiger partial charge in [0, 0.05) is 0 Å². The summed E-state index contributed by atoms with van der Waals surface area (Å²) in [5, 5.41) is 34.9. The van der Waals surface area contributed by atoms with Gasteiger partial charge in [-0.1, -0.05) is 6.92 Å². The summed E-state index contributed by atoms with van der Waals surface area (Å²) >= 11 is 0. The number of hydrogen-bond acceptors (Lipinski definition) is 4. The predicted octanol–water partition coefficient (Wildman–Crippen LogP) is 0.705. The Bertz CT molecular complexity index is 267. The first-order valence-corrected chi connectivity index (χ1v) is 3.54. The highest BCUT2D eigenvalue weighted by Crippen LogP contribution is 2.22. The summed E-state index contributed by atoms with van der Waals surface area (Å²) in [5.41, 5.74) is -1.81. The Labute approximate surface area is 71.3 Å². The van der Waals surface area contributed by atoms with E-state index in [9.17, 15) is 5.11 Å². The molecule has 0 aliphatic carbocycles. The quantitative estimate of drug-likeness (QED) is 0.620. The van der Waals surface area contributed by atoms with Crippen LogP contribution in [0.4, 0.5) is 0 Å². The summed E-state index contributed by atoms with van der Waals surface area (Å²) in [6, 6.07) is 5.08. The van der Waals surface area contributed by atoms with Crippen LogP contribution < -0.4 is 0 Å². The van der Waals surface area contributed by atoms with Gasteiger partial charge in [0.15, 0.2) is 5.60 Å². The highest BCUT2D eigenvalue weighted by atomic mass is 16.3. The number of nitrogens with zero attached hydrogens (tertiary/aromatic N) is 3. The maximum atomic E-state index is 9.47. The van der Waals surface area contributed by atoms with Crippen LogP contribution in [-0.4, -0.2) is 10.7 Å². The number of nitriles is 3. The molecule has 0 amide bonds. The Morgan fingerprint density at radius 2 is 2.00 bits per heavy atom. The molecule has 12 heavy (non-hydrogen) atoms. The molecule has 62 valence electrons. The summed E-state index contributed by atoms with van der Waals surface area (Å²) < 4.78 is 0. The van der Waals surface area contributed by atoms with Crippen molar-refractivity contribution in [2.24, 2.45) is 5.92 Å². The van der Waals surface area contributed by atoms with Crippen LogP contribution in [0.15, 0.2) is 0 Å². The standard InChI is InChI=1S/C8H9N3O/c1-2-7(5-10)8(12,6-11)3-4-9/h7,12H,2-3H2,1H3. The van der Waals surface area contributed by atoms with E-state index in [0.717, 1.165) is 0 Å². The van der Waals surface area contributed by atoms with E-state index >= 15 is 0 Å². The molecule has 1 N–H and O–H groups in total. The minimum absolute atomic E-state index is 0.324. The largest absolute Gasteiger partial charge is 0.373 e. The minimum Gasteiger partial charge on any atom is -0.373 e. The first-order chi connectivity index (χ1) is 5.64. The van der Waals surface area contributed by atoms with E-state index in [2.05, 4.69) is 0 Å². The predicted molar refractivity (Wildman–Crippen MR) is 40.2 cm³/mol. The summed E-state index contributed by atoms with van der Waals surface area (Å²) in [4.78, 5) is 0. The van der Waals surface area contributed by atoms with Gasteiger partial charge in [0.2, 0.25) is 0 Å². The van der Waals surface area contributed by atoms with Crippen LogP contribution in [0.25, 0.3) is 0 Å². The van der Waals surface area contributed by atoms with Crippen molar-refractivity contribution in [3.63, 3.8) is 0 Å². The van der Waals surface area contributed by atoms with Crippen LogP contribution in [0.2, 0.25) is 0 Å². The third-order valence-electron chi connectivity index (χ3n) is 1.68. The van der Waals surface area contributed by atoms with Crippen molar-refractivity contribution in [3.8, 4) is 18.2 Å². The van der Waals surface area contributed by atoms with E-state index in [0.29, 0.717) is 6.42 Å². The van der Waals surface area contributed by atoms with Crippen molar-refractivity contribution in [1.82, 2.24) is 0 Å². The second-order valence-corrected chi connectivity index (χ2v) is 2.46. The Morgan fingerprint density at radius 3 is 2.25 bits per heavy atom. The highest BCUT2D eigenvalue weighted by Gasteiger charge is 2.35. The smallest absolute Gasteiger partial charge is 0.179 e. The molecule has 0 aromatic rings. The van der Waals surface area contributed by atoms with Crippen molar-refractivity contribution in [3.05, 3.63) is 0 Å². The second kappa shape index (κ2) is 4.34. The Kier molecular flexibility index (Phi) is 3.77. The van der Waals surface area contributed by atoms with Gasteiger partial charge in [-0.05, 0) is 6.42 Å². The molecule has 0 spiro atoms. The molecule has 0 rings (SSSR count). The third-order valence-corrected chi connectivity index (χ3v) is 1.68. The number of aliphatic hydroxyl groups is 1. The van der Waals surface area contributed by atoms with E-state index in [4.69, 9.17) is 15.8 Å². The van der Waals surface area contributed by atoms with Crippen molar-refractivity contribution < 1.29 is 5.11 Å². The van der Waals surface area contributed by atoms with E-state index in [1.54, 1.807) is 25.1 Å². The molecule has 0 radical (unpaired) electrons. The zero-order chi connectivity index (χ0) is 9.61. The molecule has 0 aromatic carbocycles. The van der Waals surface area contributed by atoms with Gasteiger partial charge in [-0.15, -0.1) is 0 Å². The molecule has 4 heteroatoms. The normalized spacial score (nSPS) is 16.2. The topological polar surface area (TPSA) is 91.6 Å².